The number of fused-ring (bicyclic) bond motifs is 1. The van der Waals surface area contributed by atoms with Crippen molar-refractivity contribution in [3.05, 3.63) is 17.3 Å². The maximum Gasteiger partial charge on any atom is 0.233 e. The number of aromatic nitrogens is 2. The molecule has 6 heteroatoms. The van der Waals surface area contributed by atoms with Gasteiger partial charge < -0.3 is 5.32 Å². The molecule has 2 aromatic rings. The van der Waals surface area contributed by atoms with E-state index in [9.17, 15) is 4.79 Å². The molecule has 0 aromatic carbocycles. The van der Waals surface area contributed by atoms with Crippen LogP contribution in [0.2, 0.25) is 0 Å². The summed E-state index contributed by atoms with van der Waals surface area (Å²) in [5, 5.41) is 5.02. The fourth-order valence-corrected chi connectivity index (χ4v) is 4.66. The highest BCUT2D eigenvalue weighted by Crippen LogP contribution is 2.33. The number of aryl methyl sites for hydroxylation is 1. The number of nitrogens with zero attached hydrogens (tertiary/aromatic N) is 2. The van der Waals surface area contributed by atoms with E-state index in [1.807, 2.05) is 6.92 Å². The average Bonchev–Trinajstić information content (AvgIpc) is 3.16. The van der Waals surface area contributed by atoms with Crippen molar-refractivity contribution in [2.75, 3.05) is 0 Å². The number of nitrogens with one attached hydrogen (secondary N) is 1. The zero-order valence-electron chi connectivity index (χ0n) is 13.0. The van der Waals surface area contributed by atoms with E-state index in [2.05, 4.69) is 28.3 Å². The second-order valence-corrected chi connectivity index (χ2v) is 8.16. The van der Waals surface area contributed by atoms with Crippen LogP contribution < -0.4 is 5.32 Å². The molecule has 1 aliphatic rings. The van der Waals surface area contributed by atoms with Gasteiger partial charge in [-0.25, -0.2) is 9.97 Å². The highest BCUT2D eigenvalue weighted by atomic mass is 32.2. The Morgan fingerprint density at radius 3 is 2.95 bits per heavy atom. The minimum atomic E-state index is -0.135. The Kier molecular flexibility index (Phi) is 4.98. The van der Waals surface area contributed by atoms with Crippen LogP contribution in [0.1, 0.15) is 44.4 Å². The predicted molar refractivity (Wildman–Crippen MR) is 92.5 cm³/mol. The van der Waals surface area contributed by atoms with Gasteiger partial charge in [0, 0.05) is 16.3 Å². The number of carbonyl (C=O) groups excluding carboxylic acids is 1. The molecule has 1 fully saturated rings. The molecule has 1 N–H and O–H groups in total. The maximum atomic E-state index is 12.3. The van der Waals surface area contributed by atoms with Crippen LogP contribution >= 0.6 is 23.1 Å². The van der Waals surface area contributed by atoms with Crippen LogP contribution in [-0.2, 0) is 11.2 Å². The second kappa shape index (κ2) is 6.96. The summed E-state index contributed by atoms with van der Waals surface area (Å²) in [6, 6.07) is 2.53. The van der Waals surface area contributed by atoms with Crippen molar-refractivity contribution < 1.29 is 4.79 Å². The first-order valence-electron chi connectivity index (χ1n) is 7.88. The molecule has 22 heavy (non-hydrogen) atoms. The summed E-state index contributed by atoms with van der Waals surface area (Å²) >= 11 is 3.24. The zero-order valence-corrected chi connectivity index (χ0v) is 14.6. The molecule has 1 amide bonds. The van der Waals surface area contributed by atoms with Crippen LogP contribution in [0.4, 0.5) is 0 Å². The third-order valence-corrected chi connectivity index (χ3v) is 6.36. The van der Waals surface area contributed by atoms with Gasteiger partial charge in [-0.2, -0.15) is 0 Å². The van der Waals surface area contributed by atoms with Gasteiger partial charge in [-0.1, -0.05) is 31.5 Å². The van der Waals surface area contributed by atoms with Crippen molar-refractivity contribution in [2.45, 2.75) is 62.3 Å². The molecule has 1 saturated carbocycles. The summed E-state index contributed by atoms with van der Waals surface area (Å²) in [6.07, 6.45) is 7.29. The molecule has 1 atom stereocenters. The third-order valence-electron chi connectivity index (χ3n) is 4.05. The maximum absolute atomic E-state index is 12.3. The molecule has 0 saturated heterocycles. The topological polar surface area (TPSA) is 54.9 Å². The largest absolute Gasteiger partial charge is 0.352 e. The minimum Gasteiger partial charge on any atom is -0.352 e. The van der Waals surface area contributed by atoms with Gasteiger partial charge in [0.05, 0.1) is 5.25 Å². The number of thiophene rings is 1. The van der Waals surface area contributed by atoms with E-state index in [4.69, 9.17) is 0 Å². The van der Waals surface area contributed by atoms with Crippen molar-refractivity contribution in [1.82, 2.24) is 15.3 Å². The van der Waals surface area contributed by atoms with E-state index in [1.165, 1.54) is 29.5 Å². The van der Waals surface area contributed by atoms with E-state index in [-0.39, 0.29) is 11.2 Å². The molecule has 0 unspecified atom stereocenters. The normalized spacial score (nSPS) is 17.0. The number of hydrogen-bond donors (Lipinski definition) is 1. The van der Waals surface area contributed by atoms with Crippen LogP contribution in [0.3, 0.4) is 0 Å². The quantitative estimate of drug-likeness (QED) is 0.667. The van der Waals surface area contributed by atoms with Crippen molar-refractivity contribution in [1.29, 1.82) is 0 Å². The number of rotatable bonds is 5. The lowest BCUT2D eigenvalue weighted by Crippen LogP contribution is -2.37. The molecule has 3 rings (SSSR count). The monoisotopic (exact) mass is 335 g/mol. The lowest BCUT2D eigenvalue weighted by Gasteiger charge is -2.16. The number of hydrogen-bond acceptors (Lipinski definition) is 5. The van der Waals surface area contributed by atoms with E-state index in [0.717, 1.165) is 34.5 Å². The number of amides is 1. The summed E-state index contributed by atoms with van der Waals surface area (Å²) in [5.74, 6) is 0.120. The Bertz CT molecular complexity index is 664. The van der Waals surface area contributed by atoms with Crippen molar-refractivity contribution >= 4 is 39.2 Å². The van der Waals surface area contributed by atoms with Gasteiger partial charge in [0.25, 0.3) is 0 Å². The summed E-state index contributed by atoms with van der Waals surface area (Å²) in [6.45, 7) is 4.10. The fourth-order valence-electron chi connectivity index (χ4n) is 2.76. The van der Waals surface area contributed by atoms with Crippen LogP contribution in [0, 0.1) is 0 Å². The summed E-state index contributed by atoms with van der Waals surface area (Å²) in [5.41, 5.74) is 0. The van der Waals surface area contributed by atoms with Gasteiger partial charge in [-0.05, 0) is 32.3 Å². The molecule has 0 spiro atoms. The van der Waals surface area contributed by atoms with Crippen molar-refractivity contribution in [3.8, 4) is 0 Å². The van der Waals surface area contributed by atoms with Crippen LogP contribution in [0.15, 0.2) is 17.4 Å². The molecule has 2 heterocycles. The molecule has 2 aromatic heterocycles. The lowest BCUT2D eigenvalue weighted by molar-refractivity contribution is -0.120. The molecule has 0 bridgehead atoms. The van der Waals surface area contributed by atoms with Crippen molar-refractivity contribution in [3.63, 3.8) is 0 Å². The Labute approximate surface area is 139 Å². The van der Waals surface area contributed by atoms with E-state index in [1.54, 1.807) is 17.7 Å². The van der Waals surface area contributed by atoms with Crippen LogP contribution in [0.5, 0.6) is 0 Å². The average molecular weight is 335 g/mol. The van der Waals surface area contributed by atoms with E-state index < -0.39 is 0 Å². The number of carbonyl (C=O) groups is 1. The molecule has 4 nitrogen and oxygen atoms in total. The van der Waals surface area contributed by atoms with Gasteiger partial charge >= 0.3 is 0 Å². The third kappa shape index (κ3) is 3.43. The molecular formula is C16H21N3OS2. The Balaban J connectivity index is 1.71. The molecule has 118 valence electrons. The molecule has 0 radical (unpaired) electrons. The SMILES string of the molecule is CCc1cc2c(S[C@@H](C)C(=O)NC3CCCC3)ncnc2s1. The van der Waals surface area contributed by atoms with Gasteiger partial charge in [0.2, 0.25) is 5.91 Å². The first kappa shape index (κ1) is 15.7. The van der Waals surface area contributed by atoms with Gasteiger partial charge in [0.1, 0.15) is 16.2 Å². The van der Waals surface area contributed by atoms with E-state index in [0.29, 0.717) is 6.04 Å². The fraction of sp³-hybridized carbons (Fsp3) is 0.562. The molecule has 0 aliphatic heterocycles. The lowest BCUT2D eigenvalue weighted by atomic mass is 10.2. The second-order valence-electron chi connectivity index (χ2n) is 5.71. The standard InChI is InChI=1S/C16H21N3OS2/c1-3-12-8-13-15(17-9-18-16(13)22-12)21-10(2)14(20)19-11-6-4-5-7-11/h8-11H,3-7H2,1-2H3,(H,19,20)/t10-/m0/s1. The first-order valence-corrected chi connectivity index (χ1v) is 9.57. The first-order chi connectivity index (χ1) is 10.7. The Hall–Kier alpha value is -1.14. The van der Waals surface area contributed by atoms with E-state index >= 15 is 0 Å². The Morgan fingerprint density at radius 2 is 2.23 bits per heavy atom. The zero-order chi connectivity index (χ0) is 15.5. The van der Waals surface area contributed by atoms with Crippen LogP contribution in [-0.4, -0.2) is 27.2 Å². The van der Waals surface area contributed by atoms with Crippen LogP contribution in [0.25, 0.3) is 10.2 Å². The Morgan fingerprint density at radius 1 is 1.45 bits per heavy atom. The van der Waals surface area contributed by atoms with Crippen molar-refractivity contribution in [2.24, 2.45) is 0 Å². The predicted octanol–water partition coefficient (Wildman–Crippen LogP) is 3.79. The minimum absolute atomic E-state index is 0.120. The smallest absolute Gasteiger partial charge is 0.233 e. The highest BCUT2D eigenvalue weighted by Gasteiger charge is 2.22. The summed E-state index contributed by atoms with van der Waals surface area (Å²) < 4.78 is 0. The van der Waals surface area contributed by atoms with Gasteiger partial charge in [0.15, 0.2) is 0 Å². The van der Waals surface area contributed by atoms with Gasteiger partial charge in [-0.15, -0.1) is 11.3 Å². The molecular weight excluding hydrogens is 314 g/mol. The summed E-state index contributed by atoms with van der Waals surface area (Å²) in [4.78, 5) is 23.4. The van der Waals surface area contributed by atoms with Gasteiger partial charge in [-0.3, -0.25) is 4.79 Å². The molecule has 1 aliphatic carbocycles. The summed E-state index contributed by atoms with van der Waals surface area (Å²) in [7, 11) is 0. The number of thioether (sulfide) groups is 1. The highest BCUT2D eigenvalue weighted by molar-refractivity contribution is 8.00.